The molecule has 0 fully saturated rings. The number of carboxylic acid groups (broad SMARTS) is 2. The average molecular weight is 360 g/mol. The van der Waals surface area contributed by atoms with Crippen LogP contribution in [0, 0.1) is 0 Å². The molecule has 0 aliphatic rings. The van der Waals surface area contributed by atoms with Crippen LogP contribution in [0.3, 0.4) is 0 Å². The van der Waals surface area contributed by atoms with Crippen LogP contribution in [-0.4, -0.2) is 45.6 Å². The van der Waals surface area contributed by atoms with Gasteiger partial charge in [0.05, 0.1) is 0 Å². The number of hydrogen-bond acceptors (Lipinski definition) is 4. The summed E-state index contributed by atoms with van der Waals surface area (Å²) in [4.78, 5) is 18.0. The number of aliphatic hydroxyl groups is 2. The summed E-state index contributed by atoms with van der Waals surface area (Å²) in [5, 5.41) is 31.0. The standard InChI is InChI=1S/2C4H10O.2C2H4O2.Zr/c2*1-2-3-4-5;2*1-2(3)4;/h2*5H,2-4H2,1H3;2*1H3,(H,3,4);. The number of aliphatic hydroxyl groups excluding tert-OH is 2. The van der Waals surface area contributed by atoms with Crippen LogP contribution >= 0.6 is 0 Å². The Balaban J connectivity index is -0.0000000453. The molecule has 116 valence electrons. The second-order valence-electron chi connectivity index (χ2n) is 3.19. The van der Waals surface area contributed by atoms with Gasteiger partial charge in [-0.25, -0.2) is 0 Å². The smallest absolute Gasteiger partial charge is 0.300 e. The van der Waals surface area contributed by atoms with Gasteiger partial charge >= 0.3 is 0 Å². The summed E-state index contributed by atoms with van der Waals surface area (Å²) >= 11 is 0. The third-order valence-electron chi connectivity index (χ3n) is 1.02. The molecule has 0 aliphatic heterocycles. The van der Waals surface area contributed by atoms with Crippen molar-refractivity contribution in [2.75, 3.05) is 13.2 Å². The first-order valence-electron chi connectivity index (χ1n) is 5.90. The van der Waals surface area contributed by atoms with Gasteiger partial charge in [0, 0.05) is 53.3 Å². The fourth-order valence-corrected chi connectivity index (χ4v) is 0.316. The molecular weight excluding hydrogens is 331 g/mol. The molecular formula is C12H28O6Zr. The number of rotatable bonds is 4. The Labute approximate surface area is 135 Å². The van der Waals surface area contributed by atoms with Crippen molar-refractivity contribution in [3.05, 3.63) is 0 Å². The van der Waals surface area contributed by atoms with E-state index in [4.69, 9.17) is 30.0 Å². The molecule has 19 heavy (non-hydrogen) atoms. The first kappa shape index (κ1) is 31.2. The van der Waals surface area contributed by atoms with E-state index < -0.39 is 11.9 Å². The largest absolute Gasteiger partial charge is 0.481 e. The third-order valence-corrected chi connectivity index (χ3v) is 1.02. The Morgan fingerprint density at radius 3 is 0.947 bits per heavy atom. The molecule has 0 aromatic heterocycles. The van der Waals surface area contributed by atoms with E-state index in [-0.39, 0.29) is 26.2 Å². The predicted octanol–water partition coefficient (Wildman–Crippen LogP) is 1.74. The van der Waals surface area contributed by atoms with Gasteiger partial charge in [-0.15, -0.1) is 0 Å². The van der Waals surface area contributed by atoms with Crippen LogP contribution in [0.25, 0.3) is 0 Å². The molecule has 0 atom stereocenters. The molecule has 0 saturated heterocycles. The van der Waals surface area contributed by atoms with E-state index >= 15 is 0 Å². The summed E-state index contributed by atoms with van der Waals surface area (Å²) in [5.41, 5.74) is 0. The van der Waals surface area contributed by atoms with Gasteiger partial charge < -0.3 is 20.4 Å². The third kappa shape index (κ3) is 314. The molecule has 6 nitrogen and oxygen atoms in total. The van der Waals surface area contributed by atoms with Crippen LogP contribution in [-0.2, 0) is 35.8 Å². The van der Waals surface area contributed by atoms with E-state index in [0.717, 1.165) is 39.5 Å². The Bertz CT molecular complexity index is 134. The minimum Gasteiger partial charge on any atom is -0.481 e. The van der Waals surface area contributed by atoms with Gasteiger partial charge in [0.2, 0.25) is 0 Å². The summed E-state index contributed by atoms with van der Waals surface area (Å²) < 4.78 is 0. The molecule has 0 aliphatic carbocycles. The second kappa shape index (κ2) is 36.1. The average Bonchev–Trinajstić information content (AvgIpc) is 2.19. The van der Waals surface area contributed by atoms with Crippen molar-refractivity contribution in [1.29, 1.82) is 0 Å². The minimum absolute atomic E-state index is 0. The van der Waals surface area contributed by atoms with Crippen LogP contribution < -0.4 is 0 Å². The maximum atomic E-state index is 9.00. The van der Waals surface area contributed by atoms with Crippen molar-refractivity contribution in [3.8, 4) is 0 Å². The Hall–Kier alpha value is -0.257. The SMILES string of the molecule is CC(=O)O.CC(=O)O.CCCCO.CCCCO.[Zr]. The zero-order chi connectivity index (χ0) is 15.4. The van der Waals surface area contributed by atoms with E-state index in [1.807, 2.05) is 0 Å². The number of aliphatic carboxylic acids is 2. The van der Waals surface area contributed by atoms with Gasteiger partial charge in [-0.05, 0) is 12.8 Å². The zero-order valence-corrected chi connectivity index (χ0v) is 14.8. The molecule has 0 heterocycles. The van der Waals surface area contributed by atoms with Crippen molar-refractivity contribution in [2.45, 2.75) is 53.4 Å². The number of carboxylic acids is 2. The molecule has 0 aromatic carbocycles. The van der Waals surface area contributed by atoms with E-state index in [2.05, 4.69) is 13.8 Å². The van der Waals surface area contributed by atoms with Gasteiger partial charge in [0.1, 0.15) is 0 Å². The van der Waals surface area contributed by atoms with E-state index in [1.54, 1.807) is 0 Å². The van der Waals surface area contributed by atoms with Gasteiger partial charge in [0.25, 0.3) is 11.9 Å². The summed E-state index contributed by atoms with van der Waals surface area (Å²) in [6.07, 6.45) is 4.08. The summed E-state index contributed by atoms with van der Waals surface area (Å²) in [5.74, 6) is -1.67. The predicted molar refractivity (Wildman–Crippen MR) is 70.6 cm³/mol. The Kier molecular flexibility index (Phi) is 59.3. The van der Waals surface area contributed by atoms with Crippen molar-refractivity contribution >= 4 is 11.9 Å². The maximum Gasteiger partial charge on any atom is 0.300 e. The van der Waals surface area contributed by atoms with E-state index in [9.17, 15) is 0 Å². The topological polar surface area (TPSA) is 115 Å². The molecule has 0 amide bonds. The minimum atomic E-state index is -0.833. The number of hydrogen-bond donors (Lipinski definition) is 4. The van der Waals surface area contributed by atoms with Crippen LogP contribution in [0.15, 0.2) is 0 Å². The molecule has 0 spiro atoms. The summed E-state index contributed by atoms with van der Waals surface area (Å²) in [7, 11) is 0. The summed E-state index contributed by atoms with van der Waals surface area (Å²) in [6, 6.07) is 0. The van der Waals surface area contributed by atoms with Crippen LogP contribution in [0.1, 0.15) is 53.4 Å². The zero-order valence-electron chi connectivity index (χ0n) is 12.3. The van der Waals surface area contributed by atoms with E-state index in [1.165, 1.54) is 0 Å². The summed E-state index contributed by atoms with van der Waals surface area (Å²) in [6.45, 7) is 6.96. The van der Waals surface area contributed by atoms with Crippen LogP contribution in [0.5, 0.6) is 0 Å². The van der Waals surface area contributed by atoms with Gasteiger partial charge in [-0.2, -0.15) is 0 Å². The first-order valence-corrected chi connectivity index (χ1v) is 5.90. The molecule has 0 bridgehead atoms. The van der Waals surface area contributed by atoms with Crippen molar-refractivity contribution < 1.29 is 56.2 Å². The van der Waals surface area contributed by atoms with Gasteiger partial charge in [-0.1, -0.05) is 26.7 Å². The second-order valence-corrected chi connectivity index (χ2v) is 3.19. The van der Waals surface area contributed by atoms with Gasteiger partial charge in [-0.3, -0.25) is 9.59 Å². The number of carbonyl (C=O) groups is 2. The fraction of sp³-hybridized carbons (Fsp3) is 0.833. The molecule has 4 N–H and O–H groups in total. The normalized spacial score (nSPS) is 7.05. The van der Waals surface area contributed by atoms with Gasteiger partial charge in [0.15, 0.2) is 0 Å². The molecule has 7 heteroatoms. The molecule has 0 rings (SSSR count). The Morgan fingerprint density at radius 1 is 0.789 bits per heavy atom. The molecule has 0 aromatic rings. The monoisotopic (exact) mass is 358 g/mol. The quantitative estimate of drug-likeness (QED) is 0.608. The fourth-order valence-electron chi connectivity index (χ4n) is 0.316. The first-order chi connectivity index (χ1) is 8.29. The molecule has 0 unspecified atom stereocenters. The molecule has 0 radical (unpaired) electrons. The van der Waals surface area contributed by atoms with Crippen molar-refractivity contribution in [2.24, 2.45) is 0 Å². The Morgan fingerprint density at radius 2 is 0.947 bits per heavy atom. The van der Waals surface area contributed by atoms with Crippen LogP contribution in [0.2, 0.25) is 0 Å². The number of unbranched alkanes of at least 4 members (excludes halogenated alkanes) is 2. The molecule has 0 saturated carbocycles. The van der Waals surface area contributed by atoms with Crippen molar-refractivity contribution in [1.82, 2.24) is 0 Å². The maximum absolute atomic E-state index is 9.00. The van der Waals surface area contributed by atoms with Crippen LogP contribution in [0.4, 0.5) is 0 Å². The van der Waals surface area contributed by atoms with E-state index in [0.29, 0.717) is 13.2 Å². The van der Waals surface area contributed by atoms with Crippen molar-refractivity contribution in [3.63, 3.8) is 0 Å².